The fourth-order valence-corrected chi connectivity index (χ4v) is 1.27. The van der Waals surface area contributed by atoms with Crippen molar-refractivity contribution in [2.24, 2.45) is 0 Å². The molecule has 22 heavy (non-hydrogen) atoms. The molecule has 0 atom stereocenters. The van der Waals surface area contributed by atoms with Crippen molar-refractivity contribution in [3.63, 3.8) is 0 Å². The summed E-state index contributed by atoms with van der Waals surface area (Å²) in [5.41, 5.74) is 0.409. The van der Waals surface area contributed by atoms with E-state index in [1.807, 2.05) is 0 Å². The summed E-state index contributed by atoms with van der Waals surface area (Å²) in [5.74, 6) is -1.78. The largest absolute Gasteiger partial charge is 0.352 e. The first kappa shape index (κ1) is 17.0. The molecule has 2 N–H and O–H groups in total. The minimum absolute atomic E-state index is 0.244. The average Bonchev–Trinajstić information content (AvgIpc) is 2.96. The molecule has 0 aliphatic heterocycles. The van der Waals surface area contributed by atoms with E-state index in [-0.39, 0.29) is 18.3 Å². The van der Waals surface area contributed by atoms with Crippen LogP contribution in [-0.4, -0.2) is 51.0 Å². The third-order valence-corrected chi connectivity index (χ3v) is 2.38. The molecule has 116 valence electrons. The third kappa shape index (κ3) is 5.12. The van der Waals surface area contributed by atoms with Crippen LogP contribution in [-0.2, 0) is 4.79 Å². The average molecular weight is 305 g/mol. The Hall–Kier alpha value is -3.09. The van der Waals surface area contributed by atoms with E-state index in [0.717, 1.165) is 0 Å². The van der Waals surface area contributed by atoms with Crippen LogP contribution < -0.4 is 10.6 Å². The van der Waals surface area contributed by atoms with E-state index in [9.17, 15) is 14.4 Å². The molecule has 0 aliphatic carbocycles. The summed E-state index contributed by atoms with van der Waals surface area (Å²) in [5, 5.41) is 23.9. The topological polar surface area (TPSA) is 143 Å². The van der Waals surface area contributed by atoms with E-state index in [1.54, 1.807) is 13.0 Å². The van der Waals surface area contributed by atoms with E-state index in [4.69, 9.17) is 5.26 Å². The highest BCUT2D eigenvalue weighted by molar-refractivity contribution is 5.92. The molecular formula is C12H15N7O3. The summed E-state index contributed by atoms with van der Waals surface area (Å²) in [4.78, 5) is 34.8. The molecule has 0 unspecified atom stereocenters. The van der Waals surface area contributed by atoms with Gasteiger partial charge in [0.05, 0.1) is 6.07 Å². The van der Waals surface area contributed by atoms with Crippen molar-refractivity contribution in [3.05, 3.63) is 18.0 Å². The standard InChI is InChI=1S/C12H15N7O3/c1-8(2)11(21)14-6-3-7-15-12(22)10-16-18-19(17-10)9(20)4-5-13/h1,3-4,6-7H2,2H3,(H,14,21)(H,15,22). The maximum atomic E-state index is 11.7. The number of carbonyl (C=O) groups excluding carboxylic acids is 3. The lowest BCUT2D eigenvalue weighted by Crippen LogP contribution is -2.30. The minimum atomic E-state index is -0.670. The lowest BCUT2D eigenvalue weighted by Gasteiger charge is -2.04. The van der Waals surface area contributed by atoms with E-state index < -0.39 is 18.2 Å². The molecule has 0 spiro atoms. The first-order valence-corrected chi connectivity index (χ1v) is 6.37. The zero-order chi connectivity index (χ0) is 16.5. The van der Waals surface area contributed by atoms with Crippen molar-refractivity contribution < 1.29 is 14.4 Å². The van der Waals surface area contributed by atoms with Crippen LogP contribution in [0.1, 0.15) is 35.2 Å². The van der Waals surface area contributed by atoms with Gasteiger partial charge in [0.1, 0.15) is 6.42 Å². The highest BCUT2D eigenvalue weighted by Gasteiger charge is 2.15. The smallest absolute Gasteiger partial charge is 0.292 e. The molecule has 0 aromatic carbocycles. The molecule has 1 aromatic heterocycles. The second-order valence-corrected chi connectivity index (χ2v) is 4.28. The van der Waals surface area contributed by atoms with Crippen LogP contribution in [0.25, 0.3) is 0 Å². The fourth-order valence-electron chi connectivity index (χ4n) is 1.27. The number of nitriles is 1. The zero-order valence-electron chi connectivity index (χ0n) is 12.0. The van der Waals surface area contributed by atoms with Crippen LogP contribution in [0.15, 0.2) is 12.2 Å². The van der Waals surface area contributed by atoms with Crippen molar-refractivity contribution in [1.29, 1.82) is 5.26 Å². The first-order chi connectivity index (χ1) is 10.5. The number of nitrogens with one attached hydrogen (secondary N) is 2. The van der Waals surface area contributed by atoms with Gasteiger partial charge in [0, 0.05) is 18.7 Å². The molecule has 0 aliphatic rings. The monoisotopic (exact) mass is 305 g/mol. The number of hydrogen-bond acceptors (Lipinski definition) is 7. The normalized spacial score (nSPS) is 9.64. The van der Waals surface area contributed by atoms with Gasteiger partial charge in [0.15, 0.2) is 0 Å². The van der Waals surface area contributed by atoms with Crippen molar-refractivity contribution in [1.82, 2.24) is 30.8 Å². The molecule has 0 radical (unpaired) electrons. The Morgan fingerprint density at radius 1 is 1.32 bits per heavy atom. The van der Waals surface area contributed by atoms with Gasteiger partial charge in [-0.05, 0) is 18.6 Å². The lowest BCUT2D eigenvalue weighted by atomic mass is 10.3. The quantitative estimate of drug-likeness (QED) is 0.487. The molecule has 0 saturated carbocycles. The van der Waals surface area contributed by atoms with Gasteiger partial charge in [0.25, 0.3) is 17.6 Å². The maximum absolute atomic E-state index is 11.7. The van der Waals surface area contributed by atoms with Gasteiger partial charge in [-0.25, -0.2) is 0 Å². The van der Waals surface area contributed by atoms with Crippen LogP contribution in [0.2, 0.25) is 0 Å². The zero-order valence-corrected chi connectivity index (χ0v) is 12.0. The molecule has 1 rings (SSSR count). The Kier molecular flexibility index (Phi) is 6.36. The molecule has 10 heteroatoms. The van der Waals surface area contributed by atoms with Crippen molar-refractivity contribution >= 4 is 17.7 Å². The molecule has 0 fully saturated rings. The molecule has 0 bridgehead atoms. The van der Waals surface area contributed by atoms with E-state index in [0.29, 0.717) is 23.3 Å². The fraction of sp³-hybridized carbons (Fsp3) is 0.417. The number of tetrazole rings is 1. The Morgan fingerprint density at radius 2 is 2.00 bits per heavy atom. The van der Waals surface area contributed by atoms with Crippen LogP contribution in [0.3, 0.4) is 0 Å². The van der Waals surface area contributed by atoms with Gasteiger partial charge >= 0.3 is 0 Å². The summed E-state index contributed by atoms with van der Waals surface area (Å²) in [6.07, 6.45) is 0.103. The Labute approximate surface area is 126 Å². The highest BCUT2D eigenvalue weighted by atomic mass is 16.2. The van der Waals surface area contributed by atoms with E-state index in [2.05, 4.69) is 32.6 Å². The summed E-state index contributed by atoms with van der Waals surface area (Å²) >= 11 is 0. The summed E-state index contributed by atoms with van der Waals surface area (Å²) in [7, 11) is 0. The van der Waals surface area contributed by atoms with Crippen LogP contribution >= 0.6 is 0 Å². The predicted octanol–water partition coefficient (Wildman–Crippen LogP) is -0.961. The van der Waals surface area contributed by atoms with Gasteiger partial charge in [-0.3, -0.25) is 14.4 Å². The summed E-state index contributed by atoms with van der Waals surface area (Å²) < 4.78 is 0. The maximum Gasteiger partial charge on any atom is 0.292 e. The Balaban J connectivity index is 2.34. The minimum Gasteiger partial charge on any atom is -0.352 e. The van der Waals surface area contributed by atoms with Gasteiger partial charge in [-0.2, -0.15) is 5.26 Å². The molecule has 10 nitrogen and oxygen atoms in total. The second-order valence-electron chi connectivity index (χ2n) is 4.28. The van der Waals surface area contributed by atoms with E-state index >= 15 is 0 Å². The third-order valence-electron chi connectivity index (χ3n) is 2.38. The SMILES string of the molecule is C=C(C)C(=O)NCCCNC(=O)c1nnn(C(=O)CC#N)n1. The number of rotatable bonds is 7. The predicted molar refractivity (Wildman–Crippen MR) is 73.4 cm³/mol. The number of nitrogens with zero attached hydrogens (tertiary/aromatic N) is 5. The summed E-state index contributed by atoms with van der Waals surface area (Å²) in [6, 6.07) is 1.65. The van der Waals surface area contributed by atoms with Crippen molar-refractivity contribution in [3.8, 4) is 6.07 Å². The lowest BCUT2D eigenvalue weighted by molar-refractivity contribution is -0.117. The number of amides is 2. The number of aromatic nitrogens is 4. The highest BCUT2D eigenvalue weighted by Crippen LogP contribution is 1.90. The van der Waals surface area contributed by atoms with Crippen molar-refractivity contribution in [2.45, 2.75) is 19.8 Å². The molecular weight excluding hydrogens is 290 g/mol. The Bertz CT molecular complexity index is 629. The molecule has 1 aromatic rings. The van der Waals surface area contributed by atoms with Gasteiger partial charge in [0.2, 0.25) is 5.91 Å². The van der Waals surface area contributed by atoms with E-state index in [1.165, 1.54) is 0 Å². The second kappa shape index (κ2) is 8.25. The first-order valence-electron chi connectivity index (χ1n) is 6.37. The summed E-state index contributed by atoms with van der Waals surface area (Å²) in [6.45, 7) is 5.76. The van der Waals surface area contributed by atoms with Gasteiger partial charge in [-0.1, -0.05) is 11.4 Å². The van der Waals surface area contributed by atoms with Gasteiger partial charge in [-0.15, -0.1) is 10.2 Å². The molecule has 1 heterocycles. The molecule has 0 saturated heterocycles. The van der Waals surface area contributed by atoms with Crippen LogP contribution in [0.5, 0.6) is 0 Å². The van der Waals surface area contributed by atoms with Crippen LogP contribution in [0.4, 0.5) is 0 Å². The van der Waals surface area contributed by atoms with Gasteiger partial charge < -0.3 is 10.6 Å². The number of hydrogen-bond donors (Lipinski definition) is 2. The number of carbonyl (C=O) groups is 3. The molecule has 2 amide bonds. The Morgan fingerprint density at radius 3 is 2.64 bits per heavy atom. The van der Waals surface area contributed by atoms with Crippen LogP contribution in [0, 0.1) is 11.3 Å². The van der Waals surface area contributed by atoms with Crippen molar-refractivity contribution in [2.75, 3.05) is 13.1 Å².